The van der Waals surface area contributed by atoms with Crippen LogP contribution in [0.4, 0.5) is 0 Å². The first-order chi connectivity index (χ1) is 5.49. The van der Waals surface area contributed by atoms with Crippen LogP contribution in [0.15, 0.2) is 0 Å². The molecule has 12 heavy (non-hydrogen) atoms. The van der Waals surface area contributed by atoms with Crippen molar-refractivity contribution < 1.29 is 24.5 Å². The van der Waals surface area contributed by atoms with Crippen LogP contribution >= 0.6 is 0 Å². The highest BCUT2D eigenvalue weighted by Crippen LogP contribution is 2.02. The number of hydrogen-bond donors (Lipinski definition) is 2. The second kappa shape index (κ2) is 4.71. The minimum atomic E-state index is -1.16. The molecule has 0 saturated carbocycles. The maximum Gasteiger partial charge on any atom is 0.332 e. The molecule has 0 aliphatic rings. The molecule has 2 unspecified atom stereocenters. The van der Waals surface area contributed by atoms with Crippen LogP contribution in [0.3, 0.4) is 0 Å². The van der Waals surface area contributed by atoms with Crippen molar-refractivity contribution in [1.29, 1.82) is 0 Å². The number of aliphatic carboxylic acids is 2. The van der Waals surface area contributed by atoms with Crippen LogP contribution in [-0.4, -0.2) is 34.4 Å². The van der Waals surface area contributed by atoms with E-state index in [9.17, 15) is 9.59 Å². The second-order valence-electron chi connectivity index (χ2n) is 2.35. The smallest absolute Gasteiger partial charge is 0.332 e. The van der Waals surface area contributed by atoms with Crippen LogP contribution in [0, 0.1) is 0 Å². The summed E-state index contributed by atoms with van der Waals surface area (Å²) in [6.45, 7) is 2.92. The lowest BCUT2D eigenvalue weighted by atomic mass is 10.2. The number of carboxylic acids is 2. The summed E-state index contributed by atoms with van der Waals surface area (Å²) in [5.41, 5.74) is 0. The topological polar surface area (TPSA) is 83.8 Å². The summed E-state index contributed by atoms with van der Waals surface area (Å²) < 4.78 is 4.72. The lowest BCUT2D eigenvalue weighted by Crippen LogP contribution is -2.31. The van der Waals surface area contributed by atoms with Crippen molar-refractivity contribution in [1.82, 2.24) is 0 Å². The Morgan fingerprint density at radius 3 is 2.08 bits per heavy atom. The average molecular weight is 176 g/mol. The van der Waals surface area contributed by atoms with E-state index < -0.39 is 24.1 Å². The van der Waals surface area contributed by atoms with Crippen LogP contribution in [0.1, 0.15) is 20.3 Å². The highest BCUT2D eigenvalue weighted by molar-refractivity contribution is 5.74. The van der Waals surface area contributed by atoms with E-state index in [0.29, 0.717) is 0 Å². The molecular formula is C7H12O5. The fourth-order valence-electron chi connectivity index (χ4n) is 0.634. The monoisotopic (exact) mass is 176 g/mol. The van der Waals surface area contributed by atoms with Crippen molar-refractivity contribution in [3.05, 3.63) is 0 Å². The fourth-order valence-corrected chi connectivity index (χ4v) is 0.634. The molecule has 0 spiro atoms. The Morgan fingerprint density at radius 1 is 1.33 bits per heavy atom. The Labute approximate surface area is 70.0 Å². The molecule has 0 aromatic carbocycles. The minimum Gasteiger partial charge on any atom is -0.479 e. The molecule has 2 N–H and O–H groups in total. The number of rotatable bonds is 5. The molecule has 0 aliphatic heterocycles. The first kappa shape index (κ1) is 10.9. The molecule has 5 heteroatoms. The Hall–Kier alpha value is -1.10. The van der Waals surface area contributed by atoms with Crippen LogP contribution in [0.2, 0.25) is 0 Å². The van der Waals surface area contributed by atoms with E-state index in [-0.39, 0.29) is 6.42 Å². The third-order valence-corrected chi connectivity index (χ3v) is 1.36. The molecule has 0 heterocycles. The van der Waals surface area contributed by atoms with Gasteiger partial charge in [0.05, 0.1) is 0 Å². The number of carbonyl (C=O) groups is 2. The first-order valence-electron chi connectivity index (χ1n) is 3.60. The molecule has 0 amide bonds. The molecule has 0 saturated heterocycles. The summed E-state index contributed by atoms with van der Waals surface area (Å²) in [5, 5.41) is 16.9. The van der Waals surface area contributed by atoms with Crippen LogP contribution in [-0.2, 0) is 14.3 Å². The Kier molecular flexibility index (Phi) is 4.28. The average Bonchev–Trinajstić information content (AvgIpc) is 1.98. The van der Waals surface area contributed by atoms with Gasteiger partial charge in [-0.25, -0.2) is 9.59 Å². The van der Waals surface area contributed by atoms with E-state index in [4.69, 9.17) is 14.9 Å². The van der Waals surface area contributed by atoms with E-state index in [0.717, 1.165) is 0 Å². The summed E-state index contributed by atoms with van der Waals surface area (Å²) in [7, 11) is 0. The van der Waals surface area contributed by atoms with Crippen molar-refractivity contribution in [2.45, 2.75) is 32.5 Å². The van der Waals surface area contributed by atoms with E-state index in [1.54, 1.807) is 6.92 Å². The van der Waals surface area contributed by atoms with Gasteiger partial charge in [-0.1, -0.05) is 6.92 Å². The van der Waals surface area contributed by atoms with Crippen LogP contribution < -0.4 is 0 Å². The number of ether oxygens (including phenoxy) is 1. The maximum atomic E-state index is 10.4. The zero-order valence-corrected chi connectivity index (χ0v) is 6.98. The molecule has 2 atom stereocenters. The highest BCUT2D eigenvalue weighted by Gasteiger charge is 2.22. The van der Waals surface area contributed by atoms with E-state index in [1.165, 1.54) is 6.92 Å². The second-order valence-corrected chi connectivity index (χ2v) is 2.35. The van der Waals surface area contributed by atoms with E-state index in [2.05, 4.69) is 0 Å². The third kappa shape index (κ3) is 3.34. The number of hydrogen-bond acceptors (Lipinski definition) is 3. The lowest BCUT2D eigenvalue weighted by Gasteiger charge is -2.14. The summed E-state index contributed by atoms with van der Waals surface area (Å²) in [4.78, 5) is 20.6. The van der Waals surface area contributed by atoms with Gasteiger partial charge in [0.2, 0.25) is 0 Å². The standard InChI is InChI=1S/C7H12O5/c1-3-5(7(10)11)12-4(2)6(8)9/h4-5H,3H2,1-2H3,(H,8,9)(H,10,11). The zero-order valence-electron chi connectivity index (χ0n) is 6.98. The normalized spacial score (nSPS) is 15.2. The Bertz CT molecular complexity index is 177. The van der Waals surface area contributed by atoms with Gasteiger partial charge in [-0.3, -0.25) is 0 Å². The van der Waals surface area contributed by atoms with Crippen molar-refractivity contribution >= 4 is 11.9 Å². The molecule has 0 aliphatic carbocycles. The molecular weight excluding hydrogens is 164 g/mol. The van der Waals surface area contributed by atoms with Gasteiger partial charge in [0.15, 0.2) is 12.2 Å². The maximum absolute atomic E-state index is 10.4. The van der Waals surface area contributed by atoms with Gasteiger partial charge in [0, 0.05) is 0 Å². The molecule has 0 fully saturated rings. The van der Waals surface area contributed by atoms with Crippen molar-refractivity contribution in [2.24, 2.45) is 0 Å². The molecule has 0 aromatic heterocycles. The van der Waals surface area contributed by atoms with Gasteiger partial charge in [-0.05, 0) is 13.3 Å². The minimum absolute atomic E-state index is 0.257. The summed E-state index contributed by atoms with van der Waals surface area (Å²) in [6.07, 6.45) is -1.85. The largest absolute Gasteiger partial charge is 0.479 e. The predicted molar refractivity (Wildman–Crippen MR) is 39.9 cm³/mol. The van der Waals surface area contributed by atoms with Crippen molar-refractivity contribution in [3.8, 4) is 0 Å². The lowest BCUT2D eigenvalue weighted by molar-refractivity contribution is -0.163. The predicted octanol–water partition coefficient (Wildman–Crippen LogP) is 0.339. The van der Waals surface area contributed by atoms with Crippen LogP contribution in [0.25, 0.3) is 0 Å². The van der Waals surface area contributed by atoms with E-state index >= 15 is 0 Å². The zero-order chi connectivity index (χ0) is 9.72. The van der Waals surface area contributed by atoms with Gasteiger partial charge in [0.1, 0.15) is 0 Å². The molecule has 0 radical (unpaired) electrons. The van der Waals surface area contributed by atoms with E-state index in [1.807, 2.05) is 0 Å². The molecule has 0 rings (SSSR count). The summed E-state index contributed by atoms with van der Waals surface area (Å²) >= 11 is 0. The van der Waals surface area contributed by atoms with Gasteiger partial charge >= 0.3 is 11.9 Å². The molecule has 5 nitrogen and oxygen atoms in total. The Balaban J connectivity index is 4.02. The van der Waals surface area contributed by atoms with Crippen molar-refractivity contribution in [2.75, 3.05) is 0 Å². The molecule has 70 valence electrons. The highest BCUT2D eigenvalue weighted by atomic mass is 16.5. The first-order valence-corrected chi connectivity index (χ1v) is 3.60. The molecule has 0 aromatic rings. The summed E-state index contributed by atoms with van der Waals surface area (Å²) in [6, 6.07) is 0. The Morgan fingerprint density at radius 2 is 1.83 bits per heavy atom. The van der Waals surface area contributed by atoms with Gasteiger partial charge in [0.25, 0.3) is 0 Å². The quantitative estimate of drug-likeness (QED) is 0.631. The van der Waals surface area contributed by atoms with Gasteiger partial charge in [-0.2, -0.15) is 0 Å². The third-order valence-electron chi connectivity index (χ3n) is 1.36. The molecule has 0 bridgehead atoms. The summed E-state index contributed by atoms with van der Waals surface area (Å²) in [5.74, 6) is -2.29. The van der Waals surface area contributed by atoms with Crippen LogP contribution in [0.5, 0.6) is 0 Å². The van der Waals surface area contributed by atoms with Gasteiger partial charge < -0.3 is 14.9 Å². The number of carboxylic acid groups (broad SMARTS) is 2. The fraction of sp³-hybridized carbons (Fsp3) is 0.714. The van der Waals surface area contributed by atoms with Crippen molar-refractivity contribution in [3.63, 3.8) is 0 Å². The van der Waals surface area contributed by atoms with Gasteiger partial charge in [-0.15, -0.1) is 0 Å². The SMILES string of the molecule is CCC(OC(C)C(=O)O)C(=O)O.